The van der Waals surface area contributed by atoms with Crippen molar-refractivity contribution in [2.75, 3.05) is 0 Å². The predicted molar refractivity (Wildman–Crippen MR) is 224 cm³/mol. The van der Waals surface area contributed by atoms with Crippen LogP contribution >= 0.6 is 0 Å². The molecule has 0 aliphatic rings. The van der Waals surface area contributed by atoms with Crippen LogP contribution in [-0.4, -0.2) is 19.5 Å². The van der Waals surface area contributed by atoms with Gasteiger partial charge in [-0.2, -0.15) is 0 Å². The first-order valence-electron chi connectivity index (χ1n) is 18.0. The first-order chi connectivity index (χ1) is 26.2. The van der Waals surface area contributed by atoms with Gasteiger partial charge in [0.05, 0.1) is 27.9 Å². The molecular weight excluding hydrogens is 645 g/mol. The molecule has 7 aromatic carbocycles. The van der Waals surface area contributed by atoms with Crippen LogP contribution in [0, 0.1) is 0 Å². The van der Waals surface area contributed by atoms with Crippen molar-refractivity contribution in [3.63, 3.8) is 0 Å². The van der Waals surface area contributed by atoms with Gasteiger partial charge in [-0.15, -0.1) is 0 Å². The summed E-state index contributed by atoms with van der Waals surface area (Å²) in [5, 5.41) is 7.27. The van der Waals surface area contributed by atoms with E-state index in [1.54, 1.807) is 0 Å². The minimum atomic E-state index is 0.689. The maximum absolute atomic E-state index is 5.09. The summed E-state index contributed by atoms with van der Waals surface area (Å²) in [6.07, 6.45) is 6.20. The summed E-state index contributed by atoms with van der Waals surface area (Å²) < 4.78 is 2.40. The Morgan fingerprint density at radius 2 is 1.21 bits per heavy atom. The lowest BCUT2D eigenvalue weighted by Crippen LogP contribution is -1.98. The fourth-order valence-corrected chi connectivity index (χ4v) is 7.85. The molecule has 4 heteroatoms. The molecule has 1 N–H and O–H groups in total. The Balaban J connectivity index is 1.21. The van der Waals surface area contributed by atoms with Crippen LogP contribution in [0.5, 0.6) is 0 Å². The molecule has 0 aliphatic heterocycles. The molecule has 0 fully saturated rings. The summed E-state index contributed by atoms with van der Waals surface area (Å²) in [4.78, 5) is 14.0. The molecule has 4 nitrogen and oxygen atoms in total. The van der Waals surface area contributed by atoms with Crippen molar-refractivity contribution >= 4 is 66.5 Å². The average molecular weight is 679 g/mol. The van der Waals surface area contributed by atoms with Gasteiger partial charge in [-0.3, -0.25) is 0 Å². The summed E-state index contributed by atoms with van der Waals surface area (Å²) >= 11 is 0. The van der Waals surface area contributed by atoms with Crippen molar-refractivity contribution < 1.29 is 0 Å². The highest BCUT2D eigenvalue weighted by molar-refractivity contribution is 6.24. The summed E-state index contributed by atoms with van der Waals surface area (Å²) in [7, 11) is 0. The van der Waals surface area contributed by atoms with Crippen LogP contribution < -0.4 is 0 Å². The predicted octanol–water partition coefficient (Wildman–Crippen LogP) is 13.0. The number of hydrogen-bond acceptors (Lipinski definition) is 2. The van der Waals surface area contributed by atoms with Gasteiger partial charge < -0.3 is 9.55 Å². The number of hydrogen-bond donors (Lipinski definition) is 1. The Labute approximate surface area is 307 Å². The van der Waals surface area contributed by atoms with Crippen LogP contribution in [0.4, 0.5) is 0 Å². The highest BCUT2D eigenvalue weighted by atomic mass is 15.0. The third-order valence-corrected chi connectivity index (χ3v) is 10.4. The number of aromatic nitrogens is 4. The SMILES string of the molecule is C=Cc1cc2c(cc1/C=C\C)c1ccc3c4cc5ccccc5cc4[nH]c3c1n2-c1ccc(-c2nc(-c3ccccc3)cc(-c3ccccc3)n2)cc1. The van der Waals surface area contributed by atoms with Crippen LogP contribution in [-0.2, 0) is 0 Å². The second-order valence-corrected chi connectivity index (χ2v) is 13.5. The van der Waals surface area contributed by atoms with Gasteiger partial charge in [0, 0.05) is 49.4 Å². The molecule has 0 radical (unpaired) electrons. The Bertz CT molecular complexity index is 3000. The topological polar surface area (TPSA) is 46.5 Å². The molecule has 10 rings (SSSR count). The molecule has 0 atom stereocenters. The Morgan fingerprint density at radius 3 is 1.87 bits per heavy atom. The van der Waals surface area contributed by atoms with E-state index in [1.165, 1.54) is 32.3 Å². The second-order valence-electron chi connectivity index (χ2n) is 13.5. The molecule has 0 bridgehead atoms. The number of benzene rings is 7. The Hall–Kier alpha value is -7.04. The number of aromatic amines is 1. The lowest BCUT2D eigenvalue weighted by molar-refractivity contribution is 1.16. The maximum Gasteiger partial charge on any atom is 0.160 e. The molecule has 3 heterocycles. The van der Waals surface area contributed by atoms with Gasteiger partial charge in [-0.25, -0.2) is 9.97 Å². The second kappa shape index (κ2) is 12.3. The van der Waals surface area contributed by atoms with Gasteiger partial charge in [0.25, 0.3) is 0 Å². The van der Waals surface area contributed by atoms with E-state index in [0.717, 1.165) is 67.0 Å². The lowest BCUT2D eigenvalue weighted by Gasteiger charge is -2.12. The van der Waals surface area contributed by atoms with Crippen molar-refractivity contribution in [2.45, 2.75) is 6.92 Å². The van der Waals surface area contributed by atoms with Crippen molar-refractivity contribution in [1.29, 1.82) is 0 Å². The summed E-state index contributed by atoms with van der Waals surface area (Å²) in [6.45, 7) is 6.24. The molecule has 3 aromatic heterocycles. The molecular formula is C49H34N4. The minimum Gasteiger partial charge on any atom is -0.353 e. The summed E-state index contributed by atoms with van der Waals surface area (Å²) in [6, 6.07) is 53.7. The zero-order chi connectivity index (χ0) is 35.5. The van der Waals surface area contributed by atoms with Crippen molar-refractivity contribution in [3.8, 4) is 39.6 Å². The van der Waals surface area contributed by atoms with E-state index in [-0.39, 0.29) is 0 Å². The van der Waals surface area contributed by atoms with E-state index in [0.29, 0.717) is 5.82 Å². The van der Waals surface area contributed by atoms with Crippen molar-refractivity contribution in [3.05, 3.63) is 175 Å². The molecule has 53 heavy (non-hydrogen) atoms. The summed E-state index contributed by atoms with van der Waals surface area (Å²) in [5.74, 6) is 0.689. The zero-order valence-electron chi connectivity index (χ0n) is 29.2. The number of allylic oxidation sites excluding steroid dienone is 1. The highest BCUT2D eigenvalue weighted by Crippen LogP contribution is 2.41. The van der Waals surface area contributed by atoms with Crippen LogP contribution in [0.2, 0.25) is 0 Å². The molecule has 0 saturated carbocycles. The molecule has 0 spiro atoms. The van der Waals surface area contributed by atoms with Crippen LogP contribution in [0.15, 0.2) is 164 Å². The first kappa shape index (κ1) is 30.8. The van der Waals surface area contributed by atoms with Gasteiger partial charge in [0.1, 0.15) is 0 Å². The molecule has 0 unspecified atom stereocenters. The van der Waals surface area contributed by atoms with Gasteiger partial charge in [-0.1, -0.05) is 122 Å². The lowest BCUT2D eigenvalue weighted by atomic mass is 10.0. The monoisotopic (exact) mass is 678 g/mol. The normalized spacial score (nSPS) is 11.9. The standard InChI is InChI=1S/C49H34N4/c1-3-13-35-27-42-40-25-24-39-41-26-36-18-11-12-19-37(36)28-45(41)50-47(39)48(40)53(46(42)29-31(35)4-2)38-22-20-34(21-23-38)49-51-43(32-14-7-5-8-15-32)30-44(52-49)33-16-9-6-10-17-33/h3-30,50H,2H2,1H3/b13-3-. The van der Waals surface area contributed by atoms with Crippen LogP contribution in [0.3, 0.4) is 0 Å². The third-order valence-electron chi connectivity index (χ3n) is 10.4. The zero-order valence-corrected chi connectivity index (χ0v) is 29.2. The van der Waals surface area contributed by atoms with Gasteiger partial charge >= 0.3 is 0 Å². The first-order valence-corrected chi connectivity index (χ1v) is 18.0. The van der Waals surface area contributed by atoms with Crippen LogP contribution in [0.1, 0.15) is 18.1 Å². The van der Waals surface area contributed by atoms with E-state index < -0.39 is 0 Å². The van der Waals surface area contributed by atoms with Crippen molar-refractivity contribution in [1.82, 2.24) is 19.5 Å². The van der Waals surface area contributed by atoms with Gasteiger partial charge in [0.2, 0.25) is 0 Å². The van der Waals surface area contributed by atoms with E-state index >= 15 is 0 Å². The highest BCUT2D eigenvalue weighted by Gasteiger charge is 2.20. The number of nitrogens with one attached hydrogen (secondary N) is 1. The summed E-state index contributed by atoms with van der Waals surface area (Å²) in [5.41, 5.74) is 12.7. The quantitative estimate of drug-likeness (QED) is 0.190. The third kappa shape index (κ3) is 5.07. The van der Waals surface area contributed by atoms with E-state index in [4.69, 9.17) is 9.97 Å². The van der Waals surface area contributed by atoms with Crippen LogP contribution in [0.25, 0.3) is 106 Å². The van der Waals surface area contributed by atoms with E-state index in [9.17, 15) is 0 Å². The number of H-pyrrole nitrogens is 1. The number of nitrogens with zero attached hydrogens (tertiary/aromatic N) is 3. The Morgan fingerprint density at radius 1 is 0.566 bits per heavy atom. The Kier molecular flexibility index (Phi) is 7.15. The smallest absolute Gasteiger partial charge is 0.160 e. The molecule has 0 aliphatic carbocycles. The largest absolute Gasteiger partial charge is 0.353 e. The maximum atomic E-state index is 5.09. The molecule has 0 amide bonds. The molecule has 10 aromatic rings. The molecule has 0 saturated heterocycles. The minimum absolute atomic E-state index is 0.689. The number of fused-ring (bicyclic) bond motifs is 8. The van der Waals surface area contributed by atoms with E-state index in [2.05, 4.69) is 150 Å². The fourth-order valence-electron chi connectivity index (χ4n) is 7.85. The molecule has 250 valence electrons. The number of rotatable bonds is 6. The van der Waals surface area contributed by atoms with Gasteiger partial charge in [-0.05, 0) is 83.4 Å². The van der Waals surface area contributed by atoms with E-state index in [1.807, 2.05) is 42.5 Å². The van der Waals surface area contributed by atoms with Gasteiger partial charge in [0.15, 0.2) is 5.82 Å². The van der Waals surface area contributed by atoms with Crippen molar-refractivity contribution in [2.24, 2.45) is 0 Å². The fraction of sp³-hybridized carbons (Fsp3) is 0.0204. The average Bonchev–Trinajstić information content (AvgIpc) is 3.75.